The molecule has 142 valence electrons. The maximum Gasteiger partial charge on any atom is 0.309 e. The first-order valence-corrected chi connectivity index (χ1v) is 9.15. The van der Waals surface area contributed by atoms with E-state index >= 15 is 0 Å². The lowest BCUT2D eigenvalue weighted by molar-refractivity contribution is -0.139. The van der Waals surface area contributed by atoms with E-state index in [1.54, 1.807) is 24.3 Å². The third kappa shape index (κ3) is 4.59. The predicted octanol–water partition coefficient (Wildman–Crippen LogP) is 1.80. The number of anilines is 1. The number of nitrogens with one attached hydrogen (secondary N) is 2. The van der Waals surface area contributed by atoms with Crippen molar-refractivity contribution in [2.45, 2.75) is 19.1 Å². The lowest BCUT2D eigenvalue weighted by Gasteiger charge is -2.15. The summed E-state index contributed by atoms with van der Waals surface area (Å²) in [7, 11) is 2.03. The third-order valence-corrected chi connectivity index (χ3v) is 5.04. The molecule has 0 radical (unpaired) electrons. The number of carbonyl (C=O) groups excluding carboxylic acids is 2. The number of nitrogens with zero attached hydrogens (tertiary/aromatic N) is 1. The smallest absolute Gasteiger partial charge is 0.309 e. The van der Waals surface area contributed by atoms with E-state index in [0.717, 1.165) is 29.8 Å². The van der Waals surface area contributed by atoms with E-state index in [1.807, 2.05) is 25.2 Å². The highest BCUT2D eigenvalue weighted by atomic mass is 35.5. The van der Waals surface area contributed by atoms with Gasteiger partial charge in [0.1, 0.15) is 0 Å². The highest BCUT2D eigenvalue weighted by Gasteiger charge is 2.19. The van der Waals surface area contributed by atoms with Gasteiger partial charge in [0.25, 0.3) is 0 Å². The van der Waals surface area contributed by atoms with Crippen molar-refractivity contribution >= 4 is 29.1 Å². The Bertz CT molecular complexity index is 856. The van der Waals surface area contributed by atoms with Gasteiger partial charge in [0, 0.05) is 37.4 Å². The number of likely N-dealkylation sites (N-methyl/N-ethyl adjacent to an activating group) is 1. The fourth-order valence-electron chi connectivity index (χ4n) is 3.08. The number of halogens is 1. The second-order valence-corrected chi connectivity index (χ2v) is 6.97. The molecular formula is C20H22ClN3O3. The maximum absolute atomic E-state index is 11.9. The fraction of sp³-hybridized carbons (Fsp3) is 0.300. The maximum atomic E-state index is 11.9. The van der Waals surface area contributed by atoms with Crippen LogP contribution in [0.2, 0.25) is 5.02 Å². The summed E-state index contributed by atoms with van der Waals surface area (Å²) in [5.74, 6) is -1.56. The van der Waals surface area contributed by atoms with Crippen LogP contribution in [0.15, 0.2) is 42.5 Å². The van der Waals surface area contributed by atoms with Gasteiger partial charge < -0.3 is 20.6 Å². The Labute approximate surface area is 163 Å². The van der Waals surface area contributed by atoms with Crippen molar-refractivity contribution in [1.82, 2.24) is 10.6 Å². The van der Waals surface area contributed by atoms with Crippen LogP contribution in [-0.4, -0.2) is 37.1 Å². The molecule has 1 aliphatic heterocycles. The quantitative estimate of drug-likeness (QED) is 0.683. The molecule has 0 saturated carbocycles. The number of hydrogen-bond donors (Lipinski definition) is 3. The summed E-state index contributed by atoms with van der Waals surface area (Å²) < 4.78 is 0. The van der Waals surface area contributed by atoms with Crippen LogP contribution >= 0.6 is 11.6 Å². The van der Waals surface area contributed by atoms with E-state index in [4.69, 9.17) is 11.6 Å². The van der Waals surface area contributed by atoms with Crippen LogP contribution in [0.25, 0.3) is 0 Å². The van der Waals surface area contributed by atoms with Crippen molar-refractivity contribution in [3.8, 4) is 0 Å². The summed E-state index contributed by atoms with van der Waals surface area (Å²) in [4.78, 5) is 26.0. The van der Waals surface area contributed by atoms with Crippen LogP contribution in [0.5, 0.6) is 0 Å². The van der Waals surface area contributed by atoms with Gasteiger partial charge in [-0.1, -0.05) is 41.9 Å². The Morgan fingerprint density at radius 1 is 1.19 bits per heavy atom. The molecule has 0 bridgehead atoms. The molecule has 2 aromatic rings. The van der Waals surface area contributed by atoms with Gasteiger partial charge in [-0.25, -0.2) is 0 Å². The van der Waals surface area contributed by atoms with Gasteiger partial charge in [0.05, 0.1) is 6.10 Å². The Morgan fingerprint density at radius 2 is 1.93 bits per heavy atom. The summed E-state index contributed by atoms with van der Waals surface area (Å²) in [6.45, 7) is 1.08. The first-order valence-electron chi connectivity index (χ1n) is 8.77. The molecule has 1 aliphatic rings. The number of benzene rings is 2. The normalized spacial score (nSPS) is 13.8. The molecule has 7 heteroatoms. The van der Waals surface area contributed by atoms with Gasteiger partial charge in [-0.05, 0) is 35.2 Å². The molecule has 1 atom stereocenters. The fourth-order valence-corrected chi connectivity index (χ4v) is 3.28. The highest BCUT2D eigenvalue weighted by molar-refractivity contribution is 6.35. The SMILES string of the molecule is CN1CCc2cc(C(O)CNC(=O)C(=O)NCc3ccccc3Cl)ccc21. The van der Waals surface area contributed by atoms with E-state index in [1.165, 1.54) is 5.56 Å². The number of aliphatic hydroxyl groups is 1. The zero-order chi connectivity index (χ0) is 19.4. The van der Waals surface area contributed by atoms with Crippen LogP contribution in [0.4, 0.5) is 5.69 Å². The molecule has 2 amide bonds. The number of fused-ring (bicyclic) bond motifs is 1. The Kier molecular flexibility index (Phi) is 5.98. The minimum atomic E-state index is -0.874. The standard InChI is InChI=1S/C20H22ClN3O3/c1-24-9-8-13-10-14(6-7-17(13)24)18(25)12-23-20(27)19(26)22-11-15-4-2-3-5-16(15)21/h2-7,10,18,25H,8-9,11-12H2,1H3,(H,22,26)(H,23,27). The number of rotatable bonds is 5. The van der Waals surface area contributed by atoms with E-state index in [9.17, 15) is 14.7 Å². The van der Waals surface area contributed by atoms with Crippen molar-refractivity contribution in [1.29, 1.82) is 0 Å². The van der Waals surface area contributed by atoms with Gasteiger partial charge in [0.2, 0.25) is 0 Å². The molecule has 0 spiro atoms. The summed E-state index contributed by atoms with van der Waals surface area (Å²) in [5, 5.41) is 15.8. The molecule has 3 rings (SSSR count). The predicted molar refractivity (Wildman–Crippen MR) is 105 cm³/mol. The zero-order valence-electron chi connectivity index (χ0n) is 15.0. The largest absolute Gasteiger partial charge is 0.387 e. The van der Waals surface area contributed by atoms with E-state index in [-0.39, 0.29) is 13.1 Å². The lowest BCUT2D eigenvalue weighted by Crippen LogP contribution is -2.41. The second-order valence-electron chi connectivity index (χ2n) is 6.56. The first-order chi connectivity index (χ1) is 13.0. The van der Waals surface area contributed by atoms with Crippen molar-refractivity contribution in [2.24, 2.45) is 0 Å². The molecule has 0 saturated heterocycles. The zero-order valence-corrected chi connectivity index (χ0v) is 15.8. The molecule has 1 unspecified atom stereocenters. The second kappa shape index (κ2) is 8.41. The minimum Gasteiger partial charge on any atom is -0.387 e. The topological polar surface area (TPSA) is 81.7 Å². The van der Waals surface area contributed by atoms with E-state index in [0.29, 0.717) is 5.02 Å². The third-order valence-electron chi connectivity index (χ3n) is 4.68. The number of aliphatic hydroxyl groups excluding tert-OH is 1. The van der Waals surface area contributed by atoms with E-state index < -0.39 is 17.9 Å². The van der Waals surface area contributed by atoms with Crippen molar-refractivity contribution < 1.29 is 14.7 Å². The van der Waals surface area contributed by atoms with Gasteiger partial charge in [-0.15, -0.1) is 0 Å². The summed E-state index contributed by atoms with van der Waals surface area (Å²) in [6.07, 6.45) is 0.0601. The molecule has 3 N–H and O–H groups in total. The van der Waals surface area contributed by atoms with Crippen LogP contribution in [0.3, 0.4) is 0 Å². The lowest BCUT2D eigenvalue weighted by atomic mass is 10.0. The van der Waals surface area contributed by atoms with Gasteiger partial charge in [-0.2, -0.15) is 0 Å². The van der Waals surface area contributed by atoms with Crippen LogP contribution in [0.1, 0.15) is 22.8 Å². The molecule has 0 aliphatic carbocycles. The molecule has 0 aromatic heterocycles. The average molecular weight is 388 g/mol. The molecule has 27 heavy (non-hydrogen) atoms. The minimum absolute atomic E-state index is 0.0347. The summed E-state index contributed by atoms with van der Waals surface area (Å²) in [5.41, 5.74) is 3.79. The van der Waals surface area contributed by atoms with Crippen LogP contribution in [0, 0.1) is 0 Å². The number of amides is 2. The Morgan fingerprint density at radius 3 is 2.70 bits per heavy atom. The summed E-state index contributed by atoms with van der Waals surface area (Å²) >= 11 is 6.02. The van der Waals surface area contributed by atoms with E-state index in [2.05, 4.69) is 15.5 Å². The highest BCUT2D eigenvalue weighted by Crippen LogP contribution is 2.29. The number of hydrogen-bond acceptors (Lipinski definition) is 4. The van der Waals surface area contributed by atoms with Crippen LogP contribution < -0.4 is 15.5 Å². The van der Waals surface area contributed by atoms with Crippen LogP contribution in [-0.2, 0) is 22.6 Å². The van der Waals surface area contributed by atoms with Crippen molar-refractivity contribution in [3.05, 3.63) is 64.2 Å². The van der Waals surface area contributed by atoms with Gasteiger partial charge in [0.15, 0.2) is 0 Å². The molecule has 0 fully saturated rings. The van der Waals surface area contributed by atoms with Crippen molar-refractivity contribution in [3.63, 3.8) is 0 Å². The average Bonchev–Trinajstić information content (AvgIpc) is 3.05. The van der Waals surface area contributed by atoms with Crippen molar-refractivity contribution in [2.75, 3.05) is 25.0 Å². The molecule has 2 aromatic carbocycles. The Hall–Kier alpha value is -2.57. The molecular weight excluding hydrogens is 366 g/mol. The molecule has 1 heterocycles. The first kappa shape index (κ1) is 19.2. The molecule has 6 nitrogen and oxygen atoms in total. The monoisotopic (exact) mass is 387 g/mol. The number of carbonyl (C=O) groups is 2. The Balaban J connectivity index is 1.49. The van der Waals surface area contributed by atoms with Gasteiger partial charge in [-0.3, -0.25) is 9.59 Å². The van der Waals surface area contributed by atoms with Gasteiger partial charge >= 0.3 is 11.8 Å². The summed E-state index contributed by atoms with van der Waals surface area (Å²) in [6, 6.07) is 12.8.